The molecule has 0 radical (unpaired) electrons. The average molecular weight is 388 g/mol. The van der Waals surface area contributed by atoms with Crippen molar-refractivity contribution in [3.05, 3.63) is 36.9 Å². The summed E-state index contributed by atoms with van der Waals surface area (Å²) >= 11 is 0. The van der Waals surface area contributed by atoms with Gasteiger partial charge in [-0.25, -0.2) is 4.21 Å². The van der Waals surface area contributed by atoms with Gasteiger partial charge in [0.2, 0.25) is 0 Å². The van der Waals surface area contributed by atoms with Crippen molar-refractivity contribution in [1.82, 2.24) is 0 Å². The molecule has 1 aromatic rings. The number of halogens is 4. The summed E-state index contributed by atoms with van der Waals surface area (Å²) in [5, 5.41) is 0. The molecular weight excluding hydrogens is 381 g/mol. The van der Waals surface area contributed by atoms with Crippen LogP contribution in [0, 0.1) is 0 Å². The van der Waals surface area contributed by atoms with Crippen LogP contribution in [0.25, 0.3) is 0 Å². The number of ether oxygens (including phenoxy) is 1. The number of alkyl halides is 2. The first-order chi connectivity index (χ1) is 9.60. The van der Waals surface area contributed by atoms with E-state index < -0.39 is 36.7 Å². The van der Waals surface area contributed by atoms with Gasteiger partial charge in [0.25, 0.3) is 26.0 Å². The van der Waals surface area contributed by atoms with Gasteiger partial charge in [-0.1, -0.05) is 8.16 Å². The Morgan fingerprint density at radius 2 is 1.68 bits per heavy atom. The van der Waals surface area contributed by atoms with Crippen molar-refractivity contribution in [2.24, 2.45) is 3.77 Å². The Hall–Kier alpha value is -0.0236. The summed E-state index contributed by atoms with van der Waals surface area (Å²) < 4.78 is 92.1. The maximum absolute atomic E-state index is 12.3. The van der Waals surface area contributed by atoms with Gasteiger partial charge in [0, 0.05) is 0 Å². The molecule has 0 heterocycles. The maximum Gasteiger partial charge on any atom is 1.00 e. The molecule has 0 aliphatic rings. The van der Waals surface area contributed by atoms with E-state index in [1.165, 1.54) is 0 Å². The Morgan fingerprint density at radius 3 is 2.05 bits per heavy atom. The summed E-state index contributed by atoms with van der Waals surface area (Å²) in [6, 6.07) is 2.32. The Labute approximate surface area is 166 Å². The van der Waals surface area contributed by atoms with Crippen LogP contribution in [0.4, 0.5) is 17.7 Å². The molecule has 0 bridgehead atoms. The monoisotopic (exact) mass is 388 g/mol. The minimum absolute atomic E-state index is 0. The van der Waals surface area contributed by atoms with Crippen molar-refractivity contribution in [2.75, 3.05) is 0 Å². The number of rotatable bonds is 6. The zero-order chi connectivity index (χ0) is 16.3. The van der Waals surface area contributed by atoms with Crippen LogP contribution in [0.3, 0.4) is 0 Å². The first kappa shape index (κ1) is 22.0. The molecular formula is C9H7F4KNO5S2+. The van der Waals surface area contributed by atoms with Gasteiger partial charge in [-0.3, -0.25) is 0 Å². The Morgan fingerprint density at radius 1 is 1.18 bits per heavy atom. The minimum Gasteiger partial charge on any atom is -0.432 e. The molecule has 0 fully saturated rings. The van der Waals surface area contributed by atoms with E-state index in [1.54, 1.807) is 0 Å². The first-order valence-electron chi connectivity index (χ1n) is 4.83. The summed E-state index contributed by atoms with van der Waals surface area (Å²) in [6.45, 7) is 2.80. The third-order valence-electron chi connectivity index (χ3n) is 1.87. The summed E-state index contributed by atoms with van der Waals surface area (Å²) in [6.07, 6.45) is 0. The summed E-state index contributed by atoms with van der Waals surface area (Å²) in [7, 11) is -10.2. The summed E-state index contributed by atoms with van der Waals surface area (Å²) in [5.41, 5.74) is 0. The van der Waals surface area contributed by atoms with Gasteiger partial charge in [-0.2, -0.15) is 21.6 Å². The van der Waals surface area contributed by atoms with E-state index in [-0.39, 0.29) is 57.1 Å². The standard InChI is InChI=1S/C9H7F4NO5S2.K/c1-6(10)18-7-2-4-8(5-3-7)20(15,16)14-21(17,19-13)9(11)12;/h2-5,9H,1H2;/q;+1. The van der Waals surface area contributed by atoms with Gasteiger partial charge < -0.3 is 4.74 Å². The summed E-state index contributed by atoms with van der Waals surface area (Å²) in [5.74, 6) is -4.12. The number of nitrogens with zero attached hydrogens (tertiary/aromatic N) is 1. The first-order valence-corrected chi connectivity index (χ1v) is 7.78. The molecule has 118 valence electrons. The molecule has 0 N–H and O–H groups in total. The van der Waals surface area contributed by atoms with Gasteiger partial charge in [0.05, 0.1) is 4.90 Å². The number of sulfonamides is 1. The molecule has 1 aromatic carbocycles. The van der Waals surface area contributed by atoms with Gasteiger partial charge in [0.1, 0.15) is 5.75 Å². The topological polar surface area (TPSA) is 82.0 Å². The number of hydrogen-bond acceptors (Lipinski definition) is 5. The fourth-order valence-corrected chi connectivity index (χ4v) is 3.38. The fraction of sp³-hybridized carbons (Fsp3) is 0.111. The molecule has 1 rings (SSSR count). The molecule has 13 heteroatoms. The van der Waals surface area contributed by atoms with Crippen LogP contribution >= 0.6 is 0 Å². The van der Waals surface area contributed by atoms with Crippen molar-refractivity contribution in [3.8, 4) is 5.75 Å². The fourth-order valence-electron chi connectivity index (χ4n) is 1.06. The molecule has 0 aliphatic carbocycles. The number of benzene rings is 1. The Kier molecular flexibility index (Phi) is 8.71. The van der Waals surface area contributed by atoms with Crippen LogP contribution in [0.2, 0.25) is 0 Å². The van der Waals surface area contributed by atoms with Crippen LogP contribution in [0.5, 0.6) is 5.75 Å². The maximum atomic E-state index is 12.3. The van der Waals surface area contributed by atoms with E-state index in [1.807, 2.05) is 0 Å². The van der Waals surface area contributed by atoms with Gasteiger partial charge >= 0.3 is 57.1 Å². The van der Waals surface area contributed by atoms with Gasteiger partial charge in [0.15, 0.2) is 0 Å². The van der Waals surface area contributed by atoms with Crippen molar-refractivity contribution >= 4 is 20.0 Å². The zero-order valence-corrected chi connectivity index (χ0v) is 15.7. The SMILES string of the molecule is C=C(F)Oc1ccc(S(=O)(=O)N=S(=O)(OF)C(F)F)cc1.[K+]. The normalized spacial score (nSPS) is 13.9. The van der Waals surface area contributed by atoms with E-state index in [4.69, 9.17) is 0 Å². The predicted octanol–water partition coefficient (Wildman–Crippen LogP) is -0.294. The molecule has 0 spiro atoms. The average Bonchev–Trinajstić information content (AvgIpc) is 2.37. The van der Waals surface area contributed by atoms with E-state index in [2.05, 4.69) is 19.5 Å². The van der Waals surface area contributed by atoms with Crippen LogP contribution in [0.15, 0.2) is 45.5 Å². The Balaban J connectivity index is 0.00000441. The molecule has 1 atom stereocenters. The van der Waals surface area contributed by atoms with E-state index in [0.29, 0.717) is 0 Å². The smallest absolute Gasteiger partial charge is 0.432 e. The van der Waals surface area contributed by atoms with Crippen molar-refractivity contribution in [1.29, 1.82) is 0 Å². The molecule has 0 saturated heterocycles. The van der Waals surface area contributed by atoms with Crippen LogP contribution in [0.1, 0.15) is 0 Å². The molecule has 22 heavy (non-hydrogen) atoms. The summed E-state index contributed by atoms with van der Waals surface area (Å²) in [4.78, 5) is -0.704. The molecule has 0 aliphatic heterocycles. The Bertz CT molecular complexity index is 744. The quantitative estimate of drug-likeness (QED) is 0.380. The largest absolute Gasteiger partial charge is 1.00 e. The second-order valence-corrected chi connectivity index (χ2v) is 6.85. The van der Waals surface area contributed by atoms with Crippen molar-refractivity contribution < 1.29 is 90.8 Å². The van der Waals surface area contributed by atoms with Gasteiger partial charge in [-0.15, -0.1) is 0 Å². The molecule has 0 aromatic heterocycles. The van der Waals surface area contributed by atoms with E-state index in [9.17, 15) is 30.3 Å². The third kappa shape index (κ3) is 5.88. The molecule has 0 amide bonds. The molecule has 6 nitrogen and oxygen atoms in total. The van der Waals surface area contributed by atoms with E-state index in [0.717, 1.165) is 24.3 Å². The van der Waals surface area contributed by atoms with Crippen molar-refractivity contribution in [3.63, 3.8) is 0 Å². The predicted molar refractivity (Wildman–Crippen MR) is 63.3 cm³/mol. The number of hydrogen-bond donors (Lipinski definition) is 0. The second kappa shape index (κ2) is 8.72. The minimum atomic E-state index is -5.35. The van der Waals surface area contributed by atoms with Crippen molar-refractivity contribution in [2.45, 2.75) is 10.7 Å². The zero-order valence-electron chi connectivity index (χ0n) is 10.9. The van der Waals surface area contributed by atoms with Crippen LogP contribution < -0.4 is 56.1 Å². The second-order valence-electron chi connectivity index (χ2n) is 3.32. The molecule has 1 unspecified atom stereocenters. The van der Waals surface area contributed by atoms with Crippen LogP contribution in [-0.4, -0.2) is 18.4 Å². The third-order valence-corrected chi connectivity index (χ3v) is 4.98. The van der Waals surface area contributed by atoms with Gasteiger partial charge in [-0.05, 0) is 35.4 Å². The van der Waals surface area contributed by atoms with E-state index >= 15 is 0 Å². The molecule has 0 saturated carbocycles. The van der Waals surface area contributed by atoms with Crippen LogP contribution in [-0.2, 0) is 24.4 Å².